The number of carbonyl (C=O) groups is 1. The molecule has 3 unspecified atom stereocenters. The molecule has 19 heavy (non-hydrogen) atoms. The fourth-order valence-electron chi connectivity index (χ4n) is 3.80. The number of halogens is 1. The Bertz CT molecular complexity index is 500. The third kappa shape index (κ3) is 2.65. The number of anilines is 1. The quantitative estimate of drug-likeness (QED) is 0.878. The number of fused-ring (bicyclic) bond motifs is 2. The van der Waals surface area contributed by atoms with Crippen LogP contribution in [0.4, 0.5) is 10.1 Å². The van der Waals surface area contributed by atoms with Crippen LogP contribution in [0.2, 0.25) is 0 Å². The third-order valence-electron chi connectivity index (χ3n) is 4.73. The highest BCUT2D eigenvalue weighted by molar-refractivity contribution is 5.91. The van der Waals surface area contributed by atoms with Crippen molar-refractivity contribution in [1.82, 2.24) is 0 Å². The topological polar surface area (TPSA) is 29.1 Å². The molecule has 2 bridgehead atoms. The Hall–Kier alpha value is -1.38. The van der Waals surface area contributed by atoms with Crippen LogP contribution in [0, 0.1) is 30.5 Å². The van der Waals surface area contributed by atoms with Gasteiger partial charge in [0, 0.05) is 6.42 Å². The molecule has 3 heteroatoms. The standard InChI is InChI=1S/C16H20FNO/c1-10-2-5-14(17)15(6-10)18-16(19)9-13-8-11-3-4-12(13)7-11/h2,5-6,11-13H,3-4,7-9H2,1H3,(H,18,19). The second kappa shape index (κ2) is 4.95. The lowest BCUT2D eigenvalue weighted by Crippen LogP contribution is -2.20. The van der Waals surface area contributed by atoms with Gasteiger partial charge in [0.15, 0.2) is 0 Å². The van der Waals surface area contributed by atoms with Crippen molar-refractivity contribution in [2.24, 2.45) is 17.8 Å². The first-order chi connectivity index (χ1) is 9.11. The van der Waals surface area contributed by atoms with E-state index < -0.39 is 0 Å². The number of amides is 1. The molecule has 0 heterocycles. The average Bonchev–Trinajstić information content (AvgIpc) is 2.96. The van der Waals surface area contributed by atoms with Crippen LogP contribution >= 0.6 is 0 Å². The minimum atomic E-state index is -0.355. The normalized spacial score (nSPS) is 28.6. The minimum Gasteiger partial charge on any atom is -0.324 e. The van der Waals surface area contributed by atoms with Crippen molar-refractivity contribution in [3.63, 3.8) is 0 Å². The van der Waals surface area contributed by atoms with Crippen LogP contribution in [-0.2, 0) is 4.79 Å². The summed E-state index contributed by atoms with van der Waals surface area (Å²) in [6.45, 7) is 1.89. The summed E-state index contributed by atoms with van der Waals surface area (Å²) in [5, 5.41) is 2.72. The van der Waals surface area contributed by atoms with Crippen LogP contribution in [0.1, 0.15) is 37.7 Å². The second-order valence-corrected chi connectivity index (χ2v) is 6.17. The van der Waals surface area contributed by atoms with Gasteiger partial charge in [0.05, 0.1) is 5.69 Å². The summed E-state index contributed by atoms with van der Waals surface area (Å²) in [4.78, 5) is 12.0. The molecule has 1 amide bonds. The van der Waals surface area contributed by atoms with Crippen molar-refractivity contribution in [2.45, 2.75) is 39.0 Å². The molecule has 0 aliphatic heterocycles. The van der Waals surface area contributed by atoms with E-state index >= 15 is 0 Å². The van der Waals surface area contributed by atoms with Crippen LogP contribution in [0.3, 0.4) is 0 Å². The Morgan fingerprint density at radius 2 is 2.21 bits per heavy atom. The van der Waals surface area contributed by atoms with Crippen LogP contribution in [0.15, 0.2) is 18.2 Å². The van der Waals surface area contributed by atoms with Crippen LogP contribution in [0.25, 0.3) is 0 Å². The van der Waals surface area contributed by atoms with Crippen molar-refractivity contribution in [2.75, 3.05) is 5.32 Å². The molecule has 0 radical (unpaired) electrons. The van der Waals surface area contributed by atoms with Crippen molar-refractivity contribution in [3.8, 4) is 0 Å². The largest absolute Gasteiger partial charge is 0.324 e. The van der Waals surface area contributed by atoms with E-state index in [1.54, 1.807) is 12.1 Å². The fraction of sp³-hybridized carbons (Fsp3) is 0.562. The maximum absolute atomic E-state index is 13.6. The third-order valence-corrected chi connectivity index (χ3v) is 4.73. The number of carbonyl (C=O) groups excluding carboxylic acids is 1. The molecule has 1 N–H and O–H groups in total. The molecule has 2 aliphatic carbocycles. The molecule has 2 aliphatic rings. The molecule has 1 aromatic rings. The van der Waals surface area contributed by atoms with Gasteiger partial charge >= 0.3 is 0 Å². The molecule has 2 nitrogen and oxygen atoms in total. The molecule has 0 spiro atoms. The van der Waals surface area contributed by atoms with Gasteiger partial charge in [0.25, 0.3) is 0 Å². The maximum atomic E-state index is 13.6. The molecule has 3 rings (SSSR count). The number of nitrogens with one attached hydrogen (secondary N) is 1. The summed E-state index contributed by atoms with van der Waals surface area (Å²) in [7, 11) is 0. The Morgan fingerprint density at radius 1 is 1.37 bits per heavy atom. The summed E-state index contributed by atoms with van der Waals surface area (Å²) in [6.07, 6.45) is 5.66. The molecule has 0 aromatic heterocycles. The number of hydrogen-bond acceptors (Lipinski definition) is 1. The van der Waals surface area contributed by atoms with E-state index in [-0.39, 0.29) is 11.7 Å². The Kier molecular flexibility index (Phi) is 3.29. The fourth-order valence-corrected chi connectivity index (χ4v) is 3.80. The van der Waals surface area contributed by atoms with Gasteiger partial charge < -0.3 is 5.32 Å². The molecule has 0 saturated heterocycles. The Balaban J connectivity index is 1.61. The van der Waals surface area contributed by atoms with Gasteiger partial charge in [-0.2, -0.15) is 0 Å². The molecule has 3 atom stereocenters. The Morgan fingerprint density at radius 3 is 2.89 bits per heavy atom. The molecule has 102 valence electrons. The van der Waals surface area contributed by atoms with Gasteiger partial charge in [-0.25, -0.2) is 4.39 Å². The monoisotopic (exact) mass is 261 g/mol. The number of aryl methyl sites for hydroxylation is 1. The van der Waals surface area contributed by atoms with Gasteiger partial charge in [-0.3, -0.25) is 4.79 Å². The summed E-state index contributed by atoms with van der Waals surface area (Å²) in [5.74, 6) is 1.71. The van der Waals surface area contributed by atoms with Gasteiger partial charge in [0.1, 0.15) is 5.82 Å². The van der Waals surface area contributed by atoms with Gasteiger partial charge in [-0.1, -0.05) is 12.5 Å². The summed E-state index contributed by atoms with van der Waals surface area (Å²) in [5.41, 5.74) is 1.27. The number of benzene rings is 1. The minimum absolute atomic E-state index is 0.0398. The van der Waals surface area contributed by atoms with Crippen molar-refractivity contribution >= 4 is 11.6 Å². The summed E-state index contributed by atoms with van der Waals surface area (Å²) < 4.78 is 13.6. The highest BCUT2D eigenvalue weighted by atomic mass is 19.1. The first-order valence-electron chi connectivity index (χ1n) is 7.18. The van der Waals surface area contributed by atoms with E-state index in [2.05, 4.69) is 5.32 Å². The van der Waals surface area contributed by atoms with Gasteiger partial charge in [-0.15, -0.1) is 0 Å². The van der Waals surface area contributed by atoms with E-state index in [4.69, 9.17) is 0 Å². The first kappa shape index (κ1) is 12.6. The highest BCUT2D eigenvalue weighted by Crippen LogP contribution is 2.49. The first-order valence-corrected chi connectivity index (χ1v) is 7.18. The lowest BCUT2D eigenvalue weighted by atomic mass is 9.86. The van der Waals surface area contributed by atoms with Gasteiger partial charge in [0.2, 0.25) is 5.91 Å². The molecular formula is C16H20FNO. The summed E-state index contributed by atoms with van der Waals surface area (Å²) in [6, 6.07) is 4.80. The predicted molar refractivity (Wildman–Crippen MR) is 73.3 cm³/mol. The van der Waals surface area contributed by atoms with Crippen LogP contribution in [0.5, 0.6) is 0 Å². The van der Waals surface area contributed by atoms with Crippen LogP contribution in [-0.4, -0.2) is 5.91 Å². The smallest absolute Gasteiger partial charge is 0.224 e. The molecule has 2 saturated carbocycles. The predicted octanol–water partition coefficient (Wildman–Crippen LogP) is 3.90. The number of hydrogen-bond donors (Lipinski definition) is 1. The lowest BCUT2D eigenvalue weighted by molar-refractivity contribution is -0.117. The lowest BCUT2D eigenvalue weighted by Gasteiger charge is -2.21. The van der Waals surface area contributed by atoms with E-state index in [9.17, 15) is 9.18 Å². The molecular weight excluding hydrogens is 241 g/mol. The molecule has 2 fully saturated rings. The average molecular weight is 261 g/mol. The zero-order valence-corrected chi connectivity index (χ0v) is 11.3. The van der Waals surface area contributed by atoms with Gasteiger partial charge in [-0.05, 0) is 61.6 Å². The van der Waals surface area contributed by atoms with E-state index in [0.717, 1.165) is 17.4 Å². The zero-order valence-electron chi connectivity index (χ0n) is 11.3. The van der Waals surface area contributed by atoms with E-state index in [1.165, 1.54) is 31.7 Å². The van der Waals surface area contributed by atoms with Crippen molar-refractivity contribution < 1.29 is 9.18 Å². The van der Waals surface area contributed by atoms with Crippen molar-refractivity contribution in [3.05, 3.63) is 29.6 Å². The highest BCUT2D eigenvalue weighted by Gasteiger charge is 2.40. The summed E-state index contributed by atoms with van der Waals surface area (Å²) >= 11 is 0. The van der Waals surface area contributed by atoms with Crippen LogP contribution < -0.4 is 5.32 Å². The van der Waals surface area contributed by atoms with Crippen molar-refractivity contribution in [1.29, 1.82) is 0 Å². The SMILES string of the molecule is Cc1ccc(F)c(NC(=O)CC2CC3CCC2C3)c1. The molecule has 1 aromatic carbocycles. The van der Waals surface area contributed by atoms with E-state index in [1.807, 2.05) is 6.92 Å². The second-order valence-electron chi connectivity index (χ2n) is 6.17. The van der Waals surface area contributed by atoms with E-state index in [0.29, 0.717) is 18.0 Å². The number of rotatable bonds is 3. The Labute approximate surface area is 113 Å². The zero-order chi connectivity index (χ0) is 13.4. The maximum Gasteiger partial charge on any atom is 0.224 e.